The largest absolute Gasteiger partial charge is 0.449 e. The van der Waals surface area contributed by atoms with Crippen LogP contribution in [0.15, 0.2) is 96.0 Å². The molecular weight excluding hydrogens is 386 g/mol. The van der Waals surface area contributed by atoms with E-state index < -0.39 is 6.09 Å². The number of hydrogen-bond donors (Lipinski definition) is 1. The Morgan fingerprint density at radius 2 is 1.48 bits per heavy atom. The van der Waals surface area contributed by atoms with Crippen LogP contribution in [-0.2, 0) is 4.74 Å². The fraction of sp³-hybridized carbons (Fsp3) is 0.231. The summed E-state index contributed by atoms with van der Waals surface area (Å²) in [4.78, 5) is 19.8. The molecule has 3 atom stereocenters. The first kappa shape index (κ1) is 20.7. The van der Waals surface area contributed by atoms with Crippen molar-refractivity contribution in [1.29, 1.82) is 0 Å². The van der Waals surface area contributed by atoms with Gasteiger partial charge < -0.3 is 10.1 Å². The summed E-state index contributed by atoms with van der Waals surface area (Å²) in [6.07, 6.45) is -0.402. The van der Waals surface area contributed by atoms with Crippen LogP contribution in [0.3, 0.4) is 0 Å². The molecule has 31 heavy (non-hydrogen) atoms. The number of hydrogen-bond acceptors (Lipinski definition) is 4. The zero-order valence-electron chi connectivity index (χ0n) is 17.8. The molecule has 0 unspecified atom stereocenters. The van der Waals surface area contributed by atoms with Crippen LogP contribution in [0.1, 0.15) is 48.7 Å². The predicted molar refractivity (Wildman–Crippen MR) is 123 cm³/mol. The van der Waals surface area contributed by atoms with Gasteiger partial charge in [-0.2, -0.15) is 0 Å². The van der Waals surface area contributed by atoms with E-state index in [4.69, 9.17) is 9.73 Å². The van der Waals surface area contributed by atoms with Crippen molar-refractivity contribution in [2.75, 3.05) is 6.61 Å². The molecule has 1 heterocycles. The minimum absolute atomic E-state index is 0.0252. The fourth-order valence-electron chi connectivity index (χ4n) is 3.94. The average Bonchev–Trinajstić information content (AvgIpc) is 3.20. The number of nitrogens with one attached hydrogen (secondary N) is 1. The zero-order chi connectivity index (χ0) is 21.6. The molecule has 0 aromatic heterocycles. The summed E-state index contributed by atoms with van der Waals surface area (Å²) in [6, 6.07) is 29.7. The van der Waals surface area contributed by atoms with E-state index in [0.29, 0.717) is 12.6 Å². The van der Waals surface area contributed by atoms with E-state index in [-0.39, 0.29) is 18.1 Å². The first-order chi connectivity index (χ1) is 15.2. The summed E-state index contributed by atoms with van der Waals surface area (Å²) in [7, 11) is 0. The number of ether oxygens (including phenoxy) is 1. The number of benzene rings is 3. The molecule has 1 aliphatic rings. The number of nitrogens with zero attached hydrogens (tertiary/aromatic N) is 2. The summed E-state index contributed by atoms with van der Waals surface area (Å²) >= 11 is 0. The lowest BCUT2D eigenvalue weighted by Crippen LogP contribution is -2.45. The molecule has 0 bridgehead atoms. The Hall–Kier alpha value is -3.60. The Balaban J connectivity index is 1.76. The number of guanidine groups is 1. The van der Waals surface area contributed by atoms with E-state index in [0.717, 1.165) is 16.7 Å². The van der Waals surface area contributed by atoms with Gasteiger partial charge in [0.2, 0.25) is 5.96 Å². The van der Waals surface area contributed by atoms with Gasteiger partial charge in [0.05, 0.1) is 18.7 Å². The van der Waals surface area contributed by atoms with Crippen LogP contribution in [0.25, 0.3) is 0 Å². The summed E-state index contributed by atoms with van der Waals surface area (Å²) < 4.78 is 5.45. The average molecular weight is 414 g/mol. The van der Waals surface area contributed by atoms with Gasteiger partial charge in [-0.05, 0) is 30.5 Å². The van der Waals surface area contributed by atoms with Crippen LogP contribution in [0.4, 0.5) is 4.79 Å². The standard InChI is InChI=1S/C26H27N3O2/c1-3-31-26(30)29-24(22-17-11-6-12-18-22)23(21-15-9-5-10-16-21)28-25(29)27-19(2)20-13-7-4-8-14-20/h4-19,23-24H,3H2,1-2H3,(H,27,28)/t19-,23-,24-/m0/s1. The van der Waals surface area contributed by atoms with Crippen molar-refractivity contribution in [2.24, 2.45) is 4.99 Å². The highest BCUT2D eigenvalue weighted by Gasteiger charge is 2.43. The van der Waals surface area contributed by atoms with E-state index in [9.17, 15) is 4.79 Å². The van der Waals surface area contributed by atoms with Crippen LogP contribution >= 0.6 is 0 Å². The lowest BCUT2D eigenvalue weighted by Gasteiger charge is -2.29. The molecule has 158 valence electrons. The molecule has 0 fully saturated rings. The van der Waals surface area contributed by atoms with Crippen LogP contribution < -0.4 is 5.32 Å². The maximum absolute atomic E-state index is 13.1. The Morgan fingerprint density at radius 1 is 0.935 bits per heavy atom. The van der Waals surface area contributed by atoms with Crippen LogP contribution in [0.2, 0.25) is 0 Å². The summed E-state index contributed by atoms with van der Waals surface area (Å²) in [5, 5.41) is 3.46. The molecule has 0 radical (unpaired) electrons. The SMILES string of the molecule is CCOC(=O)N1C(N[C@@H](C)c2ccccc2)=N[C@@H](c2ccccc2)[C@@H]1c1ccccc1. The summed E-state index contributed by atoms with van der Waals surface area (Å²) in [5.41, 5.74) is 3.18. The van der Waals surface area contributed by atoms with Crippen molar-refractivity contribution in [1.82, 2.24) is 10.2 Å². The molecule has 4 rings (SSSR count). The van der Waals surface area contributed by atoms with E-state index >= 15 is 0 Å². The lowest BCUT2D eigenvalue weighted by molar-refractivity contribution is 0.116. The maximum atomic E-state index is 13.1. The van der Waals surface area contributed by atoms with Gasteiger partial charge in [-0.1, -0.05) is 91.0 Å². The molecule has 1 aliphatic heterocycles. The van der Waals surface area contributed by atoms with Crippen LogP contribution in [0, 0.1) is 0 Å². The molecule has 5 heteroatoms. The quantitative estimate of drug-likeness (QED) is 0.588. The Bertz CT molecular complexity index is 1020. The van der Waals surface area contributed by atoms with E-state index in [1.54, 1.807) is 4.90 Å². The normalized spacial score (nSPS) is 18.9. The Labute approximate surface area is 183 Å². The van der Waals surface area contributed by atoms with Crippen molar-refractivity contribution >= 4 is 12.1 Å². The Morgan fingerprint density at radius 3 is 2.06 bits per heavy atom. The minimum atomic E-state index is -0.402. The first-order valence-electron chi connectivity index (χ1n) is 10.6. The third-order valence-electron chi connectivity index (χ3n) is 5.46. The molecular formula is C26H27N3O2. The second kappa shape index (κ2) is 9.47. The molecule has 3 aromatic carbocycles. The second-order valence-electron chi connectivity index (χ2n) is 7.51. The topological polar surface area (TPSA) is 53.9 Å². The third kappa shape index (κ3) is 4.45. The second-order valence-corrected chi connectivity index (χ2v) is 7.51. The van der Waals surface area contributed by atoms with Crippen molar-refractivity contribution in [3.8, 4) is 0 Å². The van der Waals surface area contributed by atoms with Crippen molar-refractivity contribution in [3.63, 3.8) is 0 Å². The van der Waals surface area contributed by atoms with E-state index in [2.05, 4.69) is 36.5 Å². The summed E-state index contributed by atoms with van der Waals surface area (Å²) in [5.74, 6) is 0.525. The minimum Gasteiger partial charge on any atom is -0.449 e. The van der Waals surface area contributed by atoms with Gasteiger partial charge in [-0.25, -0.2) is 14.7 Å². The van der Waals surface area contributed by atoms with E-state index in [1.807, 2.05) is 73.7 Å². The van der Waals surface area contributed by atoms with Gasteiger partial charge in [0.25, 0.3) is 0 Å². The van der Waals surface area contributed by atoms with Gasteiger partial charge in [-0.3, -0.25) is 0 Å². The molecule has 1 N–H and O–H groups in total. The predicted octanol–water partition coefficient (Wildman–Crippen LogP) is 5.65. The lowest BCUT2D eigenvalue weighted by atomic mass is 9.94. The molecule has 0 saturated heterocycles. The van der Waals surface area contributed by atoms with Gasteiger partial charge in [0.15, 0.2) is 0 Å². The first-order valence-corrected chi connectivity index (χ1v) is 10.6. The molecule has 1 amide bonds. The fourth-order valence-corrected chi connectivity index (χ4v) is 3.94. The van der Waals surface area contributed by atoms with Crippen molar-refractivity contribution in [3.05, 3.63) is 108 Å². The zero-order valence-corrected chi connectivity index (χ0v) is 17.8. The van der Waals surface area contributed by atoms with Crippen LogP contribution in [0.5, 0.6) is 0 Å². The monoisotopic (exact) mass is 413 g/mol. The number of carbonyl (C=O) groups is 1. The van der Waals surface area contributed by atoms with Gasteiger partial charge in [0, 0.05) is 0 Å². The number of rotatable bonds is 5. The molecule has 3 aromatic rings. The highest BCUT2D eigenvalue weighted by Crippen LogP contribution is 2.42. The highest BCUT2D eigenvalue weighted by atomic mass is 16.6. The molecule has 0 saturated carbocycles. The number of amides is 1. The maximum Gasteiger partial charge on any atom is 0.417 e. The number of carbonyl (C=O) groups excluding carboxylic acids is 1. The Kier molecular flexibility index (Phi) is 6.32. The van der Waals surface area contributed by atoms with Gasteiger partial charge >= 0.3 is 6.09 Å². The van der Waals surface area contributed by atoms with Crippen LogP contribution in [-0.4, -0.2) is 23.6 Å². The van der Waals surface area contributed by atoms with E-state index in [1.165, 1.54) is 0 Å². The van der Waals surface area contributed by atoms with Gasteiger partial charge in [0.1, 0.15) is 6.04 Å². The number of aliphatic imine (C=N–C) groups is 1. The summed E-state index contributed by atoms with van der Waals surface area (Å²) in [6.45, 7) is 4.18. The van der Waals surface area contributed by atoms with Crippen molar-refractivity contribution < 1.29 is 9.53 Å². The van der Waals surface area contributed by atoms with Crippen molar-refractivity contribution in [2.45, 2.75) is 32.0 Å². The highest BCUT2D eigenvalue weighted by molar-refractivity contribution is 5.96. The molecule has 5 nitrogen and oxygen atoms in total. The smallest absolute Gasteiger partial charge is 0.417 e. The molecule has 0 aliphatic carbocycles. The molecule has 0 spiro atoms. The third-order valence-corrected chi connectivity index (χ3v) is 5.46. The van der Waals surface area contributed by atoms with Gasteiger partial charge in [-0.15, -0.1) is 0 Å².